The number of likely N-dealkylation sites (N-methyl/N-ethyl adjacent to an activating group) is 1. The quantitative estimate of drug-likeness (QED) is 0.894. The molecule has 1 aromatic heterocycles. The molecule has 0 aromatic carbocycles. The lowest BCUT2D eigenvalue weighted by atomic mass is 9.78. The number of hydrogen-bond acceptors (Lipinski definition) is 3. The van der Waals surface area contributed by atoms with Crippen molar-refractivity contribution in [2.24, 2.45) is 5.73 Å². The largest absolute Gasteiger partial charge is 0.368 e. The normalized spacial score (nSPS) is 26.7. The van der Waals surface area contributed by atoms with Gasteiger partial charge < -0.3 is 11.1 Å². The third kappa shape index (κ3) is 2.56. The Labute approximate surface area is 124 Å². The van der Waals surface area contributed by atoms with E-state index in [-0.39, 0.29) is 11.9 Å². The Balaban J connectivity index is 2.29. The minimum absolute atomic E-state index is 0.168. The molecule has 2 atom stereocenters. The first-order chi connectivity index (χ1) is 9.41. The summed E-state index contributed by atoms with van der Waals surface area (Å²) < 4.78 is 1.96. The number of amides is 1. The average Bonchev–Trinajstić information content (AvgIpc) is 2.67. The molecule has 2 rings (SSSR count). The molecule has 1 fully saturated rings. The van der Waals surface area contributed by atoms with Crippen LogP contribution in [0.5, 0.6) is 0 Å². The Morgan fingerprint density at radius 3 is 2.80 bits per heavy atom. The highest BCUT2D eigenvalue weighted by Crippen LogP contribution is 2.37. The average molecular weight is 299 g/mol. The standard InChI is InChI=1S/C14H23ClN4O/c1-4-17-14(13(16)20)7-5-6-11(8-14)19-10(3)12(15)9(2)18-19/h11,17H,4-8H2,1-3H3,(H2,16,20). The summed E-state index contributed by atoms with van der Waals surface area (Å²) in [6.45, 7) is 6.60. The molecule has 1 heterocycles. The van der Waals surface area contributed by atoms with Gasteiger partial charge in [0.25, 0.3) is 0 Å². The molecule has 2 unspecified atom stereocenters. The number of carbonyl (C=O) groups is 1. The number of aryl methyl sites for hydroxylation is 1. The van der Waals surface area contributed by atoms with E-state index in [1.165, 1.54) is 0 Å². The van der Waals surface area contributed by atoms with Crippen LogP contribution in [0.1, 0.15) is 50.0 Å². The Morgan fingerprint density at radius 2 is 2.30 bits per heavy atom. The van der Waals surface area contributed by atoms with Crippen molar-refractivity contribution in [3.63, 3.8) is 0 Å². The summed E-state index contributed by atoms with van der Waals surface area (Å²) in [6, 6.07) is 0.168. The minimum atomic E-state index is -0.615. The molecule has 1 aliphatic carbocycles. The van der Waals surface area contributed by atoms with Gasteiger partial charge in [-0.1, -0.05) is 18.5 Å². The van der Waals surface area contributed by atoms with Crippen LogP contribution in [0.2, 0.25) is 5.02 Å². The van der Waals surface area contributed by atoms with Gasteiger partial charge in [-0.25, -0.2) is 0 Å². The fourth-order valence-corrected chi connectivity index (χ4v) is 3.39. The summed E-state index contributed by atoms with van der Waals surface area (Å²) in [5.41, 5.74) is 6.83. The highest BCUT2D eigenvalue weighted by atomic mass is 35.5. The predicted molar refractivity (Wildman–Crippen MR) is 79.8 cm³/mol. The van der Waals surface area contributed by atoms with Crippen LogP contribution in [0.3, 0.4) is 0 Å². The van der Waals surface area contributed by atoms with Gasteiger partial charge >= 0.3 is 0 Å². The van der Waals surface area contributed by atoms with Gasteiger partial charge in [0.05, 0.1) is 28.0 Å². The topological polar surface area (TPSA) is 72.9 Å². The van der Waals surface area contributed by atoms with Crippen molar-refractivity contribution in [1.82, 2.24) is 15.1 Å². The molecule has 20 heavy (non-hydrogen) atoms. The number of hydrogen-bond donors (Lipinski definition) is 2. The van der Waals surface area contributed by atoms with Crippen molar-refractivity contribution in [2.45, 2.75) is 58.0 Å². The summed E-state index contributed by atoms with van der Waals surface area (Å²) >= 11 is 6.22. The second-order valence-electron chi connectivity index (χ2n) is 5.66. The molecule has 0 bridgehead atoms. The van der Waals surface area contributed by atoms with Gasteiger partial charge in [-0.3, -0.25) is 9.48 Å². The van der Waals surface area contributed by atoms with E-state index in [1.807, 2.05) is 25.5 Å². The van der Waals surface area contributed by atoms with Crippen LogP contribution in [-0.2, 0) is 4.79 Å². The molecule has 1 aliphatic rings. The third-order valence-corrected chi connectivity index (χ3v) is 4.84. The van der Waals surface area contributed by atoms with Gasteiger partial charge in [0.1, 0.15) is 0 Å². The fourth-order valence-electron chi connectivity index (χ4n) is 3.26. The minimum Gasteiger partial charge on any atom is -0.368 e. The first kappa shape index (κ1) is 15.3. The van der Waals surface area contributed by atoms with Gasteiger partial charge in [-0.2, -0.15) is 5.10 Å². The Bertz CT molecular complexity index is 510. The maximum atomic E-state index is 11.9. The Kier molecular flexibility index (Phi) is 4.39. The zero-order valence-electron chi connectivity index (χ0n) is 12.4. The van der Waals surface area contributed by atoms with Crippen LogP contribution >= 0.6 is 11.6 Å². The van der Waals surface area contributed by atoms with Crippen LogP contribution in [0.4, 0.5) is 0 Å². The third-order valence-electron chi connectivity index (χ3n) is 4.29. The maximum Gasteiger partial charge on any atom is 0.237 e. The van der Waals surface area contributed by atoms with Crippen LogP contribution < -0.4 is 11.1 Å². The van der Waals surface area contributed by atoms with Crippen molar-refractivity contribution in [2.75, 3.05) is 6.54 Å². The molecule has 1 aromatic rings. The summed E-state index contributed by atoms with van der Waals surface area (Å²) in [4.78, 5) is 11.9. The maximum absolute atomic E-state index is 11.9. The highest BCUT2D eigenvalue weighted by Gasteiger charge is 2.41. The number of rotatable bonds is 4. The smallest absolute Gasteiger partial charge is 0.237 e. The van der Waals surface area contributed by atoms with Crippen molar-refractivity contribution in [3.8, 4) is 0 Å². The molecule has 0 spiro atoms. The van der Waals surface area contributed by atoms with Crippen LogP contribution in [0.15, 0.2) is 0 Å². The molecule has 5 nitrogen and oxygen atoms in total. The molecular weight excluding hydrogens is 276 g/mol. The molecular formula is C14H23ClN4O. The number of nitrogens with one attached hydrogen (secondary N) is 1. The lowest BCUT2D eigenvalue weighted by molar-refractivity contribution is -0.126. The first-order valence-electron chi connectivity index (χ1n) is 7.17. The number of halogens is 1. The number of carbonyl (C=O) groups excluding carboxylic acids is 1. The first-order valence-corrected chi connectivity index (χ1v) is 7.55. The lowest BCUT2D eigenvalue weighted by Gasteiger charge is -2.39. The van der Waals surface area contributed by atoms with Crippen molar-refractivity contribution in [1.29, 1.82) is 0 Å². The summed E-state index contributed by atoms with van der Waals surface area (Å²) in [6.07, 6.45) is 3.42. The van der Waals surface area contributed by atoms with Crippen LogP contribution in [-0.4, -0.2) is 27.8 Å². The second-order valence-corrected chi connectivity index (χ2v) is 6.03. The Morgan fingerprint density at radius 1 is 1.60 bits per heavy atom. The number of nitrogens with zero attached hydrogens (tertiary/aromatic N) is 2. The van der Waals surface area contributed by atoms with Crippen LogP contribution in [0.25, 0.3) is 0 Å². The van der Waals surface area contributed by atoms with Gasteiger partial charge in [-0.15, -0.1) is 0 Å². The lowest BCUT2D eigenvalue weighted by Crippen LogP contribution is -2.58. The summed E-state index contributed by atoms with van der Waals surface area (Å²) in [5, 5.41) is 8.52. The molecule has 1 amide bonds. The van der Waals surface area contributed by atoms with Crippen molar-refractivity contribution < 1.29 is 4.79 Å². The van der Waals surface area contributed by atoms with E-state index in [1.54, 1.807) is 0 Å². The number of primary amides is 1. The van der Waals surface area contributed by atoms with E-state index in [2.05, 4.69) is 10.4 Å². The van der Waals surface area contributed by atoms with E-state index < -0.39 is 5.54 Å². The van der Waals surface area contributed by atoms with Gasteiger partial charge in [0.15, 0.2) is 0 Å². The van der Waals surface area contributed by atoms with Gasteiger partial charge in [0, 0.05) is 0 Å². The molecule has 1 saturated carbocycles. The number of nitrogens with two attached hydrogens (primary N) is 1. The van der Waals surface area contributed by atoms with E-state index in [0.29, 0.717) is 11.4 Å². The predicted octanol–water partition coefficient (Wildman–Crippen LogP) is 2.10. The molecule has 0 aliphatic heterocycles. The second kappa shape index (κ2) is 5.74. The van der Waals surface area contributed by atoms with Gasteiger partial charge in [-0.05, 0) is 46.1 Å². The highest BCUT2D eigenvalue weighted by molar-refractivity contribution is 6.31. The Hall–Kier alpha value is -1.07. The SMILES string of the molecule is CCNC1(C(N)=O)CCCC(n2nc(C)c(Cl)c2C)C1. The van der Waals surface area contributed by atoms with E-state index in [9.17, 15) is 4.79 Å². The van der Waals surface area contributed by atoms with E-state index in [4.69, 9.17) is 17.3 Å². The van der Waals surface area contributed by atoms with E-state index >= 15 is 0 Å². The van der Waals surface area contributed by atoms with E-state index in [0.717, 1.165) is 37.2 Å². The summed E-state index contributed by atoms with van der Waals surface area (Å²) in [7, 11) is 0. The summed E-state index contributed by atoms with van der Waals surface area (Å²) in [5.74, 6) is -0.267. The zero-order valence-corrected chi connectivity index (χ0v) is 13.1. The van der Waals surface area contributed by atoms with Gasteiger partial charge in [0.2, 0.25) is 5.91 Å². The molecule has 0 radical (unpaired) electrons. The molecule has 112 valence electrons. The fraction of sp³-hybridized carbons (Fsp3) is 0.714. The monoisotopic (exact) mass is 298 g/mol. The molecule has 3 N–H and O–H groups in total. The van der Waals surface area contributed by atoms with Crippen molar-refractivity contribution >= 4 is 17.5 Å². The zero-order chi connectivity index (χ0) is 14.9. The van der Waals surface area contributed by atoms with Crippen LogP contribution in [0, 0.1) is 13.8 Å². The van der Waals surface area contributed by atoms with Crippen molar-refractivity contribution in [3.05, 3.63) is 16.4 Å². The molecule has 0 saturated heterocycles. The number of aromatic nitrogens is 2. The molecule has 6 heteroatoms.